The average molecular weight is 862 g/mol. The molecular formula is C60H43N7. The monoisotopic (exact) mass is 861 g/mol. The zero-order chi connectivity index (χ0) is 44.7. The van der Waals surface area contributed by atoms with Gasteiger partial charge in [0.05, 0.1) is 23.0 Å². The number of nitrogens with one attached hydrogen (secondary N) is 2. The zero-order valence-corrected chi connectivity index (χ0v) is 36.4. The van der Waals surface area contributed by atoms with E-state index in [1.54, 1.807) is 6.21 Å². The maximum atomic E-state index is 8.87. The van der Waals surface area contributed by atoms with E-state index in [4.69, 9.17) is 20.4 Å². The first kappa shape index (κ1) is 39.6. The molecule has 0 saturated heterocycles. The van der Waals surface area contributed by atoms with Crippen LogP contribution in [0.1, 0.15) is 17.2 Å². The number of aromatic nitrogens is 5. The molecule has 0 saturated carbocycles. The number of hydrogen-bond donors (Lipinski definition) is 2. The number of nitrogens with zero attached hydrogens (tertiary/aromatic N) is 5. The molecule has 0 aliphatic heterocycles. The lowest BCUT2D eigenvalue weighted by Crippen LogP contribution is -2.30. The van der Waals surface area contributed by atoms with Crippen LogP contribution in [0.3, 0.4) is 0 Å². The Morgan fingerprint density at radius 1 is 0.463 bits per heavy atom. The van der Waals surface area contributed by atoms with Crippen LogP contribution >= 0.6 is 0 Å². The van der Waals surface area contributed by atoms with Crippen LogP contribution in [-0.2, 0) is 0 Å². The zero-order valence-electron chi connectivity index (χ0n) is 36.4. The third kappa shape index (κ3) is 7.38. The normalized spacial score (nSPS) is 14.3. The fourth-order valence-corrected chi connectivity index (χ4v) is 9.57. The van der Waals surface area contributed by atoms with E-state index in [9.17, 15) is 0 Å². The molecule has 3 heterocycles. The molecule has 1 aliphatic carbocycles. The van der Waals surface area contributed by atoms with Crippen molar-refractivity contribution >= 4 is 39.8 Å². The van der Waals surface area contributed by atoms with E-state index in [1.807, 2.05) is 78.9 Å². The highest BCUT2D eigenvalue weighted by Gasteiger charge is 2.31. The number of para-hydroxylation sites is 1. The van der Waals surface area contributed by atoms with Gasteiger partial charge in [-0.05, 0) is 89.0 Å². The largest absolute Gasteiger partial charge is 0.378 e. The number of rotatable bonds is 10. The van der Waals surface area contributed by atoms with Crippen molar-refractivity contribution in [3.05, 3.63) is 236 Å². The van der Waals surface area contributed by atoms with Gasteiger partial charge in [-0.2, -0.15) is 0 Å². The highest BCUT2D eigenvalue weighted by Crippen LogP contribution is 2.42. The van der Waals surface area contributed by atoms with Gasteiger partial charge in [-0.3, -0.25) is 0 Å². The molecule has 1 aliphatic rings. The van der Waals surface area contributed by atoms with Gasteiger partial charge in [0.2, 0.25) is 0 Å². The van der Waals surface area contributed by atoms with Crippen LogP contribution in [0.5, 0.6) is 0 Å². The molecular weight excluding hydrogens is 819 g/mol. The van der Waals surface area contributed by atoms with Gasteiger partial charge in [-0.1, -0.05) is 158 Å². The van der Waals surface area contributed by atoms with Crippen molar-refractivity contribution in [2.45, 2.75) is 12.0 Å². The Hall–Kier alpha value is -8.94. The van der Waals surface area contributed by atoms with Crippen molar-refractivity contribution < 1.29 is 0 Å². The average Bonchev–Trinajstić information content (AvgIpc) is 3.98. The van der Waals surface area contributed by atoms with Crippen LogP contribution in [0.2, 0.25) is 0 Å². The summed E-state index contributed by atoms with van der Waals surface area (Å²) < 4.78 is 4.60. The summed E-state index contributed by atoms with van der Waals surface area (Å²) in [4.78, 5) is 14.9. The molecule has 2 atom stereocenters. The van der Waals surface area contributed by atoms with Gasteiger partial charge in [0, 0.05) is 68.2 Å². The van der Waals surface area contributed by atoms with Gasteiger partial charge in [0.15, 0.2) is 17.5 Å². The number of benzene rings is 8. The third-order valence-corrected chi connectivity index (χ3v) is 12.8. The molecule has 7 heteroatoms. The van der Waals surface area contributed by atoms with E-state index in [-0.39, 0.29) is 12.0 Å². The summed E-state index contributed by atoms with van der Waals surface area (Å²) in [6, 6.07) is 73.7. The minimum absolute atomic E-state index is 0.102. The van der Waals surface area contributed by atoms with E-state index >= 15 is 0 Å². The summed E-state index contributed by atoms with van der Waals surface area (Å²) in [6.45, 7) is 0. The topological polar surface area (TPSA) is 84.4 Å². The predicted octanol–water partition coefficient (Wildman–Crippen LogP) is 14.3. The maximum Gasteiger partial charge on any atom is 0.164 e. The lowest BCUT2D eigenvalue weighted by Gasteiger charge is -2.29. The van der Waals surface area contributed by atoms with Gasteiger partial charge >= 0.3 is 0 Å². The number of anilines is 1. The highest BCUT2D eigenvalue weighted by atomic mass is 15.0. The summed E-state index contributed by atoms with van der Waals surface area (Å²) in [5.41, 5.74) is 14.9. The van der Waals surface area contributed by atoms with Crippen molar-refractivity contribution in [1.82, 2.24) is 24.1 Å². The molecule has 3 aromatic heterocycles. The molecule has 0 radical (unpaired) electrons. The van der Waals surface area contributed by atoms with E-state index in [2.05, 4.69) is 166 Å². The highest BCUT2D eigenvalue weighted by molar-refractivity contribution is 5.99. The molecule has 0 spiro atoms. The Bertz CT molecular complexity index is 3570. The fourth-order valence-electron chi connectivity index (χ4n) is 9.57. The predicted molar refractivity (Wildman–Crippen MR) is 275 cm³/mol. The van der Waals surface area contributed by atoms with Crippen molar-refractivity contribution in [2.75, 3.05) is 5.32 Å². The van der Waals surface area contributed by atoms with Gasteiger partial charge in [-0.15, -0.1) is 0 Å². The van der Waals surface area contributed by atoms with Gasteiger partial charge in [-0.25, -0.2) is 15.0 Å². The molecule has 12 rings (SSSR count). The molecule has 2 N–H and O–H groups in total. The number of fused-ring (bicyclic) bond motifs is 4. The van der Waals surface area contributed by atoms with Crippen molar-refractivity contribution in [2.24, 2.45) is 0 Å². The van der Waals surface area contributed by atoms with E-state index in [0.29, 0.717) is 17.5 Å². The Labute approximate surface area is 388 Å². The molecule has 0 bridgehead atoms. The van der Waals surface area contributed by atoms with Crippen LogP contribution in [0.4, 0.5) is 5.69 Å². The molecule has 8 aromatic carbocycles. The van der Waals surface area contributed by atoms with Crippen LogP contribution in [-0.4, -0.2) is 36.3 Å². The van der Waals surface area contributed by atoms with Crippen LogP contribution in [0.25, 0.3) is 95.7 Å². The molecule has 7 nitrogen and oxygen atoms in total. The second-order valence-corrected chi connectivity index (χ2v) is 16.9. The van der Waals surface area contributed by atoms with E-state index < -0.39 is 0 Å². The van der Waals surface area contributed by atoms with Gasteiger partial charge < -0.3 is 19.9 Å². The summed E-state index contributed by atoms with van der Waals surface area (Å²) >= 11 is 0. The maximum absolute atomic E-state index is 8.87. The van der Waals surface area contributed by atoms with E-state index in [0.717, 1.165) is 83.5 Å². The number of hydrogen-bond acceptors (Lipinski definition) is 5. The smallest absolute Gasteiger partial charge is 0.164 e. The van der Waals surface area contributed by atoms with Crippen LogP contribution in [0, 0.1) is 5.41 Å². The lowest BCUT2D eigenvalue weighted by atomic mass is 9.87. The van der Waals surface area contributed by atoms with Crippen molar-refractivity contribution in [1.29, 1.82) is 5.41 Å². The van der Waals surface area contributed by atoms with Gasteiger partial charge in [0.25, 0.3) is 0 Å². The quantitative estimate of drug-likeness (QED) is 0.134. The summed E-state index contributed by atoms with van der Waals surface area (Å²) in [5, 5.41) is 14.9. The third-order valence-electron chi connectivity index (χ3n) is 12.8. The van der Waals surface area contributed by atoms with Crippen LogP contribution in [0.15, 0.2) is 225 Å². The van der Waals surface area contributed by atoms with E-state index in [1.165, 1.54) is 5.56 Å². The molecule has 2 unspecified atom stereocenters. The fraction of sp³-hybridized carbons (Fsp3) is 0.0333. The first-order chi connectivity index (χ1) is 33.1. The van der Waals surface area contributed by atoms with Crippen molar-refractivity contribution in [3.63, 3.8) is 0 Å². The summed E-state index contributed by atoms with van der Waals surface area (Å²) in [7, 11) is 0. The Morgan fingerprint density at radius 2 is 1.00 bits per heavy atom. The molecule has 11 aromatic rings. The molecule has 0 amide bonds. The molecule has 0 fully saturated rings. The first-order valence-electron chi connectivity index (χ1n) is 22.6. The lowest BCUT2D eigenvalue weighted by molar-refractivity contribution is 0.756. The minimum atomic E-state index is -0.215. The Kier molecular flexibility index (Phi) is 9.99. The second kappa shape index (κ2) is 16.9. The Morgan fingerprint density at radius 3 is 1.67 bits per heavy atom. The Balaban J connectivity index is 0.926. The standard InChI is InChI=1S/C60H43N7/c61-39-53-54(62-48-23-11-4-12-24-48)30-29-51-52-38-45(28-32-56(52)67(57(51)53)50-26-13-21-43(36-50)40-15-5-1-6-16-40)44-27-31-55-46(35-44)33-34-66(55)49-25-14-22-47(37-49)60-64-58(41-17-7-2-8-18-41)63-59(65-60)42-19-9-3-10-20-42/h1-39,53-54,61-62H. The second-order valence-electron chi connectivity index (χ2n) is 16.9. The first-order valence-corrected chi connectivity index (χ1v) is 22.6. The molecule has 67 heavy (non-hydrogen) atoms. The minimum Gasteiger partial charge on any atom is -0.378 e. The van der Waals surface area contributed by atoms with Gasteiger partial charge in [0.1, 0.15) is 0 Å². The summed E-state index contributed by atoms with van der Waals surface area (Å²) in [5.74, 6) is 1.67. The van der Waals surface area contributed by atoms with Crippen molar-refractivity contribution in [3.8, 4) is 67.8 Å². The van der Waals surface area contributed by atoms with Crippen LogP contribution < -0.4 is 5.32 Å². The summed E-state index contributed by atoms with van der Waals surface area (Å²) in [6.07, 6.45) is 8.20. The SMILES string of the molecule is N=CC1c2c(c3cc(-c4ccc5c(ccn5-c5cccc(-c6nc(-c7ccccc7)nc(-c7ccccc7)n6)c5)c4)ccc3n2-c2cccc(-c3ccccc3)c2)C=CC1Nc1ccccc1. The molecule has 318 valence electrons.